The van der Waals surface area contributed by atoms with Crippen LogP contribution in [-0.4, -0.2) is 28.1 Å². The predicted molar refractivity (Wildman–Crippen MR) is 102 cm³/mol. The van der Waals surface area contributed by atoms with Gasteiger partial charge >= 0.3 is 0 Å². The van der Waals surface area contributed by atoms with Crippen LogP contribution in [0.1, 0.15) is 17.9 Å². The largest absolute Gasteiger partial charge is 0.508 e. The number of rotatable bonds is 3. The highest BCUT2D eigenvalue weighted by molar-refractivity contribution is 9.12. The number of methoxy groups -OCH3 is 1. The first kappa shape index (κ1) is 18.1. The lowest BCUT2D eigenvalue weighted by Gasteiger charge is -2.45. The Labute approximate surface area is 162 Å². The molecule has 0 saturated carbocycles. The molecule has 0 bridgehead atoms. The van der Waals surface area contributed by atoms with Crippen molar-refractivity contribution in [2.75, 3.05) is 7.11 Å². The number of fused-ring (bicyclic) bond motifs is 1. The molecule has 3 atom stereocenters. The van der Waals surface area contributed by atoms with Crippen molar-refractivity contribution in [2.45, 2.75) is 16.7 Å². The monoisotopic (exact) mass is 466 g/mol. The normalized spacial score (nSPS) is 28.8. The van der Waals surface area contributed by atoms with Crippen LogP contribution in [0, 0.1) is 5.92 Å². The molecule has 130 valence electrons. The van der Waals surface area contributed by atoms with Crippen LogP contribution in [0.25, 0.3) is 0 Å². The molecule has 0 unspecified atom stereocenters. The lowest BCUT2D eigenvalue weighted by Crippen LogP contribution is -2.52. The van der Waals surface area contributed by atoms with Gasteiger partial charge in [-0.05, 0) is 46.1 Å². The first-order valence-electron chi connectivity index (χ1n) is 7.68. The zero-order valence-corrected chi connectivity index (χ0v) is 16.6. The van der Waals surface area contributed by atoms with Crippen LogP contribution in [0.3, 0.4) is 0 Å². The average Bonchev–Trinajstić information content (AvgIpc) is 2.60. The first-order valence-corrected chi connectivity index (χ1v) is 9.27. The lowest BCUT2D eigenvalue weighted by atomic mass is 9.64. The fourth-order valence-electron chi connectivity index (χ4n) is 3.56. The topological polar surface area (TPSA) is 63.6 Å². The molecule has 0 saturated heterocycles. The molecule has 0 heterocycles. The van der Waals surface area contributed by atoms with Crippen molar-refractivity contribution >= 4 is 43.4 Å². The minimum Gasteiger partial charge on any atom is -0.508 e. The molecule has 3 rings (SSSR count). The quantitative estimate of drug-likeness (QED) is 0.677. The van der Waals surface area contributed by atoms with Gasteiger partial charge in [-0.3, -0.25) is 9.59 Å². The van der Waals surface area contributed by atoms with Crippen LogP contribution in [0.5, 0.6) is 11.5 Å². The van der Waals surface area contributed by atoms with Gasteiger partial charge in [0.05, 0.1) is 17.5 Å². The molecule has 0 amide bonds. The maximum atomic E-state index is 12.9. The summed E-state index contributed by atoms with van der Waals surface area (Å²) >= 11 is 6.78. The van der Waals surface area contributed by atoms with E-state index in [0.717, 1.165) is 5.57 Å². The highest BCUT2D eigenvalue weighted by Crippen LogP contribution is 2.56. The van der Waals surface area contributed by atoms with Gasteiger partial charge in [-0.2, -0.15) is 0 Å². The van der Waals surface area contributed by atoms with Crippen LogP contribution in [0.2, 0.25) is 0 Å². The van der Waals surface area contributed by atoms with Gasteiger partial charge in [-0.25, -0.2) is 0 Å². The Hall–Kier alpha value is -1.66. The van der Waals surface area contributed by atoms with E-state index in [-0.39, 0.29) is 21.8 Å². The van der Waals surface area contributed by atoms with Crippen molar-refractivity contribution in [1.29, 1.82) is 0 Å². The molecule has 0 spiro atoms. The minimum absolute atomic E-state index is 0.0342. The Bertz CT molecular complexity index is 840. The molecule has 2 aliphatic rings. The number of ketones is 2. The number of carbonyl (C=O) groups is 2. The van der Waals surface area contributed by atoms with E-state index >= 15 is 0 Å². The van der Waals surface area contributed by atoms with E-state index in [4.69, 9.17) is 4.74 Å². The number of allylic oxidation sites excluding steroid dienone is 5. The summed E-state index contributed by atoms with van der Waals surface area (Å²) in [6, 6.07) is 4.85. The fraction of sp³-hybridized carbons (Fsp3) is 0.263. The summed E-state index contributed by atoms with van der Waals surface area (Å²) in [6.07, 6.45) is 5.29. The minimum atomic E-state index is -1.18. The molecule has 6 heteroatoms. The summed E-state index contributed by atoms with van der Waals surface area (Å²) in [5.41, 5.74) is 1.30. The number of benzene rings is 1. The molecule has 1 N–H and O–H groups in total. The molecule has 4 nitrogen and oxygen atoms in total. The van der Waals surface area contributed by atoms with Crippen LogP contribution < -0.4 is 4.74 Å². The fourth-order valence-corrected chi connectivity index (χ4v) is 5.06. The Balaban J connectivity index is 2.26. The van der Waals surface area contributed by atoms with Gasteiger partial charge in [0.25, 0.3) is 0 Å². The van der Waals surface area contributed by atoms with Crippen LogP contribution in [0.15, 0.2) is 53.1 Å². The molecular formula is C19H16Br2O4. The van der Waals surface area contributed by atoms with Gasteiger partial charge in [0, 0.05) is 17.6 Å². The number of hydrogen-bond acceptors (Lipinski definition) is 4. The third kappa shape index (κ3) is 2.72. The zero-order valence-electron chi connectivity index (χ0n) is 13.5. The summed E-state index contributed by atoms with van der Waals surface area (Å²) in [5, 5.41) is 10.4. The summed E-state index contributed by atoms with van der Waals surface area (Å²) in [4.78, 5) is 25.6. The maximum Gasteiger partial charge on any atom is 0.175 e. The van der Waals surface area contributed by atoms with Gasteiger partial charge in [-0.1, -0.05) is 34.7 Å². The zero-order chi connectivity index (χ0) is 18.4. The summed E-state index contributed by atoms with van der Waals surface area (Å²) < 4.78 is 4.36. The van der Waals surface area contributed by atoms with Gasteiger partial charge in [0.15, 0.2) is 11.6 Å². The molecule has 2 aliphatic carbocycles. The molecule has 0 aliphatic heterocycles. The second kappa shape index (κ2) is 6.57. The van der Waals surface area contributed by atoms with Gasteiger partial charge in [-0.15, -0.1) is 0 Å². The number of halogens is 2. The molecule has 0 radical (unpaired) electrons. The van der Waals surface area contributed by atoms with E-state index < -0.39 is 16.2 Å². The number of alkyl halides is 1. The molecule has 1 aromatic carbocycles. The van der Waals surface area contributed by atoms with E-state index in [1.54, 1.807) is 18.2 Å². The highest BCUT2D eigenvalue weighted by Gasteiger charge is 2.57. The van der Waals surface area contributed by atoms with Crippen molar-refractivity contribution in [3.05, 3.63) is 58.6 Å². The molecular weight excluding hydrogens is 452 g/mol. The Morgan fingerprint density at radius 3 is 2.76 bits per heavy atom. The van der Waals surface area contributed by atoms with Crippen molar-refractivity contribution in [2.24, 2.45) is 5.92 Å². The second-order valence-corrected chi connectivity index (χ2v) is 8.21. The third-order valence-corrected chi connectivity index (χ3v) is 6.84. The number of Topliss-reactive ketones (excluding diaryl/α,β-unsaturated/α-hetero) is 1. The van der Waals surface area contributed by atoms with Crippen molar-refractivity contribution in [3.63, 3.8) is 0 Å². The molecule has 25 heavy (non-hydrogen) atoms. The Morgan fingerprint density at radius 2 is 2.12 bits per heavy atom. The van der Waals surface area contributed by atoms with Gasteiger partial charge < -0.3 is 9.84 Å². The molecule has 0 aromatic heterocycles. The van der Waals surface area contributed by atoms with E-state index in [1.807, 2.05) is 6.08 Å². The van der Waals surface area contributed by atoms with Crippen molar-refractivity contribution < 1.29 is 19.4 Å². The summed E-state index contributed by atoms with van der Waals surface area (Å²) in [6.45, 7) is 3.84. The number of hydrogen-bond donors (Lipinski definition) is 1. The Morgan fingerprint density at radius 1 is 1.40 bits per heavy atom. The summed E-state index contributed by atoms with van der Waals surface area (Å²) in [5.74, 6) is -0.898. The number of phenols is 1. The number of phenolic OH excluding ortho intramolecular Hbond substituents is 1. The van der Waals surface area contributed by atoms with Crippen molar-refractivity contribution in [1.82, 2.24) is 0 Å². The first-order chi connectivity index (χ1) is 11.8. The number of carbonyl (C=O) groups excluding carboxylic acids is 2. The van der Waals surface area contributed by atoms with E-state index in [0.29, 0.717) is 17.7 Å². The van der Waals surface area contributed by atoms with Crippen molar-refractivity contribution in [3.8, 4) is 11.5 Å². The third-order valence-electron chi connectivity index (χ3n) is 4.82. The van der Waals surface area contributed by atoms with Crippen LogP contribution in [-0.2, 0) is 9.59 Å². The standard InChI is InChI=1S/C19H16Br2O4/c1-3-10-4-6-13-18(24)14(20)9-16(23)19(13,21)17(10)12-8-11(25-2)5-7-15(12)22/h3-5,7-9,13,17,22H,1,6H2,2H3/t13-,17+,19+/m0/s1. The molecule has 0 fully saturated rings. The van der Waals surface area contributed by atoms with E-state index in [1.165, 1.54) is 19.3 Å². The van der Waals surface area contributed by atoms with Crippen LogP contribution in [0.4, 0.5) is 0 Å². The smallest absolute Gasteiger partial charge is 0.175 e. The van der Waals surface area contributed by atoms with E-state index in [2.05, 4.69) is 38.4 Å². The SMILES string of the molecule is C=CC1=CC[C@H]2C(=O)C(Br)=CC(=O)[C@@]2(Br)[C@H]1c1cc(OC)ccc1O. The average molecular weight is 468 g/mol. The second-order valence-electron chi connectivity index (χ2n) is 6.04. The number of aromatic hydroxyl groups is 1. The van der Waals surface area contributed by atoms with E-state index in [9.17, 15) is 14.7 Å². The maximum absolute atomic E-state index is 12.9. The molecule has 1 aromatic rings. The van der Waals surface area contributed by atoms with Crippen LogP contribution >= 0.6 is 31.9 Å². The summed E-state index contributed by atoms with van der Waals surface area (Å²) in [7, 11) is 1.53. The Kier molecular flexibility index (Phi) is 4.77. The highest BCUT2D eigenvalue weighted by atomic mass is 79.9. The predicted octanol–water partition coefficient (Wildman–Crippen LogP) is 4.18. The number of ether oxygens (including phenoxy) is 1. The lowest BCUT2D eigenvalue weighted by molar-refractivity contribution is -0.127. The van der Waals surface area contributed by atoms with Gasteiger partial charge in [0.2, 0.25) is 0 Å². The van der Waals surface area contributed by atoms with Gasteiger partial charge in [0.1, 0.15) is 15.8 Å².